The summed E-state index contributed by atoms with van der Waals surface area (Å²) < 4.78 is 35.9. The van der Waals surface area contributed by atoms with Gasteiger partial charge in [-0.25, -0.2) is 0 Å². The van der Waals surface area contributed by atoms with E-state index in [2.05, 4.69) is 95.6 Å². The zero-order valence-corrected chi connectivity index (χ0v) is 32.9. The molecule has 0 N–H and O–H groups in total. The van der Waals surface area contributed by atoms with Crippen LogP contribution in [0.25, 0.3) is 0 Å². The van der Waals surface area contributed by atoms with E-state index in [4.69, 9.17) is 28.0 Å². The van der Waals surface area contributed by atoms with Crippen molar-refractivity contribution in [1.29, 1.82) is 0 Å². The van der Waals surface area contributed by atoms with Crippen LogP contribution in [0.4, 0.5) is 0 Å². The molecule has 0 aliphatic rings. The lowest BCUT2D eigenvalue weighted by Gasteiger charge is -2.39. The minimum Gasteiger partial charge on any atom is -0.381 e. The molecule has 0 aliphatic heterocycles. The van der Waals surface area contributed by atoms with E-state index in [0.29, 0.717) is 63.5 Å². The molecule has 224 valence electrons. The van der Waals surface area contributed by atoms with Crippen LogP contribution in [0.1, 0.15) is 53.4 Å². The standard InChI is InChI=1S/C24H45Br6O6P/c1-5-31-13-19(27)9-23(17-25,10-20(28)14-32-6-2)35-37-36-24(18-26,11-21(29)15-33-7-3)12-22(30)16-34-8-4/h19-22,37H,5-18H2,1-4H3. The van der Waals surface area contributed by atoms with E-state index in [-0.39, 0.29) is 28.3 Å². The molecule has 0 amide bonds. The zero-order valence-electron chi connectivity index (χ0n) is 22.4. The molecule has 4 unspecified atom stereocenters. The maximum atomic E-state index is 6.64. The summed E-state index contributed by atoms with van der Waals surface area (Å²) in [6, 6.07) is 0. The van der Waals surface area contributed by atoms with Gasteiger partial charge >= 0.3 is 0 Å². The minimum absolute atomic E-state index is 0.151. The van der Waals surface area contributed by atoms with E-state index in [1.54, 1.807) is 0 Å². The Balaban J connectivity index is 5.63. The fourth-order valence-corrected chi connectivity index (χ4v) is 9.18. The maximum absolute atomic E-state index is 6.64. The van der Waals surface area contributed by atoms with Gasteiger partial charge in [0.25, 0.3) is 0 Å². The lowest BCUT2D eigenvalue weighted by Crippen LogP contribution is -2.42. The van der Waals surface area contributed by atoms with Gasteiger partial charge in [-0.15, -0.1) is 0 Å². The quantitative estimate of drug-likeness (QED) is 0.0641. The van der Waals surface area contributed by atoms with Crippen molar-refractivity contribution in [3.05, 3.63) is 0 Å². The van der Waals surface area contributed by atoms with E-state index < -0.39 is 11.2 Å². The molecule has 0 aromatic rings. The zero-order chi connectivity index (χ0) is 28.2. The summed E-state index contributed by atoms with van der Waals surface area (Å²) in [4.78, 5) is 0.607. The molecule has 0 bridgehead atoms. The second kappa shape index (κ2) is 24.5. The predicted molar refractivity (Wildman–Crippen MR) is 179 cm³/mol. The molecule has 0 rings (SSSR count). The van der Waals surface area contributed by atoms with Crippen LogP contribution in [0.5, 0.6) is 0 Å². The van der Waals surface area contributed by atoms with Crippen molar-refractivity contribution in [2.75, 3.05) is 63.5 Å². The smallest absolute Gasteiger partial charge is 0.156 e. The largest absolute Gasteiger partial charge is 0.381 e. The van der Waals surface area contributed by atoms with Crippen LogP contribution in [0.3, 0.4) is 0 Å². The van der Waals surface area contributed by atoms with E-state index in [1.165, 1.54) is 0 Å². The molecule has 4 atom stereocenters. The van der Waals surface area contributed by atoms with Crippen molar-refractivity contribution in [3.8, 4) is 0 Å². The molecule has 0 heterocycles. The number of hydrogen-bond donors (Lipinski definition) is 0. The fraction of sp³-hybridized carbons (Fsp3) is 1.00. The second-order valence-electron chi connectivity index (χ2n) is 8.76. The first kappa shape index (κ1) is 40.1. The molecule has 0 aliphatic carbocycles. The van der Waals surface area contributed by atoms with Gasteiger partial charge in [0.15, 0.2) is 9.03 Å². The summed E-state index contributed by atoms with van der Waals surface area (Å²) >= 11 is 22.7. The first-order valence-electron chi connectivity index (χ1n) is 12.7. The number of alkyl halides is 6. The molecule has 0 saturated heterocycles. The Kier molecular flexibility index (Phi) is 26.5. The van der Waals surface area contributed by atoms with Crippen molar-refractivity contribution in [1.82, 2.24) is 0 Å². The molecule has 0 radical (unpaired) electrons. The molecule has 0 saturated carbocycles. The van der Waals surface area contributed by atoms with Crippen LogP contribution in [0.15, 0.2) is 0 Å². The maximum Gasteiger partial charge on any atom is 0.156 e. The average molecular weight is 940 g/mol. The SMILES string of the molecule is CCOCC(Br)CC(CBr)(CC(Br)COCC)OPOC(CBr)(CC(Br)COCC)CC(Br)COCC. The molecule has 0 aromatic heterocycles. The topological polar surface area (TPSA) is 55.4 Å². The van der Waals surface area contributed by atoms with Crippen molar-refractivity contribution in [2.24, 2.45) is 0 Å². The van der Waals surface area contributed by atoms with Crippen molar-refractivity contribution in [2.45, 2.75) is 83.9 Å². The second-order valence-corrected chi connectivity index (χ2v) is 15.6. The lowest BCUT2D eigenvalue weighted by atomic mass is 9.94. The first-order valence-corrected chi connectivity index (χ1v) is 19.5. The Labute approximate surface area is 277 Å². The Morgan fingerprint density at radius 1 is 0.514 bits per heavy atom. The highest BCUT2D eigenvalue weighted by Gasteiger charge is 2.39. The van der Waals surface area contributed by atoms with Gasteiger partial charge < -0.3 is 28.0 Å². The summed E-state index contributed by atoms with van der Waals surface area (Å²) in [5.41, 5.74) is -0.934. The number of ether oxygens (including phenoxy) is 4. The highest BCUT2D eigenvalue weighted by molar-refractivity contribution is 9.10. The van der Waals surface area contributed by atoms with Crippen molar-refractivity contribution in [3.63, 3.8) is 0 Å². The Bertz CT molecular complexity index is 466. The van der Waals surface area contributed by atoms with Crippen LogP contribution >= 0.6 is 105 Å². The average Bonchev–Trinajstić information content (AvgIpc) is 2.87. The summed E-state index contributed by atoms with van der Waals surface area (Å²) in [6.07, 6.45) is 3.06. The van der Waals surface area contributed by atoms with Gasteiger partial charge in [-0.3, -0.25) is 0 Å². The fourth-order valence-electron chi connectivity index (χ4n) is 3.64. The molecule has 37 heavy (non-hydrogen) atoms. The monoisotopic (exact) mass is 934 g/mol. The van der Waals surface area contributed by atoms with Gasteiger partial charge in [0, 0.05) is 56.4 Å². The van der Waals surface area contributed by atoms with Crippen molar-refractivity contribution < 1.29 is 28.0 Å². The van der Waals surface area contributed by atoms with Gasteiger partial charge in [0.1, 0.15) is 0 Å². The van der Waals surface area contributed by atoms with Crippen molar-refractivity contribution >= 4 is 105 Å². The highest BCUT2D eigenvalue weighted by Crippen LogP contribution is 2.42. The third kappa shape index (κ3) is 19.1. The molecular weight excluding hydrogens is 895 g/mol. The highest BCUT2D eigenvalue weighted by atomic mass is 79.9. The number of halogens is 6. The van der Waals surface area contributed by atoms with Crippen LogP contribution in [0, 0.1) is 0 Å². The predicted octanol–water partition coefficient (Wildman–Crippen LogP) is 8.56. The molecule has 0 fully saturated rings. The third-order valence-corrected chi connectivity index (χ3v) is 10.8. The summed E-state index contributed by atoms with van der Waals surface area (Å²) in [7, 11) is -0.151. The Morgan fingerprint density at radius 2 is 0.757 bits per heavy atom. The third-order valence-electron chi connectivity index (χ3n) is 5.39. The van der Waals surface area contributed by atoms with E-state index in [9.17, 15) is 0 Å². The molecule has 13 heteroatoms. The van der Waals surface area contributed by atoms with Gasteiger partial charge in [-0.2, -0.15) is 0 Å². The van der Waals surface area contributed by atoms with E-state index in [1.807, 2.05) is 27.7 Å². The minimum atomic E-state index is -0.467. The van der Waals surface area contributed by atoms with E-state index >= 15 is 0 Å². The van der Waals surface area contributed by atoms with Crippen LogP contribution < -0.4 is 0 Å². The Morgan fingerprint density at radius 3 is 0.946 bits per heavy atom. The van der Waals surface area contributed by atoms with Gasteiger partial charge in [-0.05, 0) is 53.4 Å². The summed E-state index contributed by atoms with van der Waals surface area (Å²) in [6.45, 7) is 13.2. The van der Waals surface area contributed by atoms with Crippen LogP contribution in [0.2, 0.25) is 0 Å². The van der Waals surface area contributed by atoms with Crippen LogP contribution in [-0.2, 0) is 28.0 Å². The molecular formula is C24H45Br6O6P. The van der Waals surface area contributed by atoms with Crippen LogP contribution in [-0.4, -0.2) is 94.0 Å². The number of hydrogen-bond acceptors (Lipinski definition) is 6. The first-order chi connectivity index (χ1) is 17.6. The lowest BCUT2D eigenvalue weighted by molar-refractivity contribution is 0.0191. The van der Waals surface area contributed by atoms with Gasteiger partial charge in [-0.1, -0.05) is 95.6 Å². The Hall–Kier alpha value is 3.07. The normalized spacial score (nSPS) is 19.0. The van der Waals surface area contributed by atoms with Gasteiger partial charge in [0.05, 0.1) is 37.6 Å². The molecule has 0 spiro atoms. The number of rotatable bonds is 26. The summed E-state index contributed by atoms with van der Waals surface area (Å²) in [5, 5.41) is 1.33. The van der Waals surface area contributed by atoms with E-state index in [0.717, 1.165) is 25.7 Å². The molecule has 0 aromatic carbocycles. The summed E-state index contributed by atoms with van der Waals surface area (Å²) in [5.74, 6) is 0. The van der Waals surface area contributed by atoms with Gasteiger partial charge in [0.2, 0.25) is 0 Å². The molecule has 6 nitrogen and oxygen atoms in total.